The predicted molar refractivity (Wildman–Crippen MR) is 132 cm³/mol. The van der Waals surface area contributed by atoms with Crippen molar-refractivity contribution in [3.05, 3.63) is 29.4 Å². The SMILES string of the molecule is CCOC1CCCCC1C(=O)N1CCC(CCCCNC(=O)c2cc3ccncc3s2)CC1. The molecule has 3 heterocycles. The molecule has 0 aromatic carbocycles. The van der Waals surface area contributed by atoms with Gasteiger partial charge in [0, 0.05) is 38.6 Å². The lowest BCUT2D eigenvalue weighted by atomic mass is 9.84. The average Bonchev–Trinajstić information content (AvgIpc) is 3.29. The summed E-state index contributed by atoms with van der Waals surface area (Å²) in [7, 11) is 0. The molecule has 2 aromatic heterocycles. The zero-order chi connectivity index (χ0) is 23.0. The Morgan fingerprint density at radius 1 is 1.18 bits per heavy atom. The zero-order valence-electron chi connectivity index (χ0n) is 19.8. The molecule has 180 valence electrons. The minimum atomic E-state index is 0.0103. The number of fused-ring (bicyclic) bond motifs is 1. The van der Waals surface area contributed by atoms with Gasteiger partial charge in [-0.25, -0.2) is 0 Å². The van der Waals surface area contributed by atoms with Crippen LogP contribution in [0.4, 0.5) is 0 Å². The number of amides is 2. The Bertz CT molecular complexity index is 887. The van der Waals surface area contributed by atoms with E-state index in [4.69, 9.17) is 4.74 Å². The highest BCUT2D eigenvalue weighted by Crippen LogP contribution is 2.31. The van der Waals surface area contributed by atoms with Crippen molar-refractivity contribution < 1.29 is 14.3 Å². The molecule has 1 aliphatic carbocycles. The van der Waals surface area contributed by atoms with Gasteiger partial charge in [-0.1, -0.05) is 25.7 Å². The highest BCUT2D eigenvalue weighted by Gasteiger charge is 2.35. The number of pyridine rings is 1. The number of piperidine rings is 1. The molecule has 0 bridgehead atoms. The molecule has 33 heavy (non-hydrogen) atoms. The van der Waals surface area contributed by atoms with Crippen molar-refractivity contribution in [2.75, 3.05) is 26.2 Å². The molecule has 2 atom stereocenters. The van der Waals surface area contributed by atoms with Gasteiger partial charge in [0.1, 0.15) is 0 Å². The number of rotatable bonds is 9. The fraction of sp³-hybridized carbons (Fsp3) is 0.654. The van der Waals surface area contributed by atoms with Crippen molar-refractivity contribution in [1.29, 1.82) is 0 Å². The lowest BCUT2D eigenvalue weighted by Crippen LogP contribution is -2.46. The molecule has 2 fully saturated rings. The summed E-state index contributed by atoms with van der Waals surface area (Å²) in [4.78, 5) is 32.5. The van der Waals surface area contributed by atoms with Crippen LogP contribution in [0.2, 0.25) is 0 Å². The topological polar surface area (TPSA) is 71.5 Å². The van der Waals surface area contributed by atoms with Crippen molar-refractivity contribution in [3.8, 4) is 0 Å². The summed E-state index contributed by atoms with van der Waals surface area (Å²) in [5.74, 6) is 1.09. The largest absolute Gasteiger partial charge is 0.378 e. The fourth-order valence-corrected chi connectivity index (χ4v) is 6.26. The number of hydrogen-bond donors (Lipinski definition) is 1. The fourth-order valence-electron chi connectivity index (χ4n) is 5.31. The zero-order valence-corrected chi connectivity index (χ0v) is 20.6. The summed E-state index contributed by atoms with van der Waals surface area (Å²) in [6, 6.07) is 3.88. The highest BCUT2D eigenvalue weighted by atomic mass is 32.1. The van der Waals surface area contributed by atoms with Gasteiger partial charge in [-0.3, -0.25) is 14.6 Å². The first-order valence-electron chi connectivity index (χ1n) is 12.7. The number of nitrogens with one attached hydrogen (secondary N) is 1. The summed E-state index contributed by atoms with van der Waals surface area (Å²) >= 11 is 1.49. The van der Waals surface area contributed by atoms with E-state index in [1.807, 2.05) is 25.3 Å². The third kappa shape index (κ3) is 6.33. The Labute approximate surface area is 201 Å². The number of carbonyl (C=O) groups excluding carboxylic acids is 2. The monoisotopic (exact) mass is 471 g/mol. The van der Waals surface area contributed by atoms with E-state index in [-0.39, 0.29) is 17.9 Å². The minimum absolute atomic E-state index is 0.0103. The van der Waals surface area contributed by atoms with Crippen LogP contribution in [0.5, 0.6) is 0 Å². The van der Waals surface area contributed by atoms with Crippen molar-refractivity contribution in [2.24, 2.45) is 11.8 Å². The van der Waals surface area contributed by atoms with Gasteiger partial charge in [-0.15, -0.1) is 11.3 Å². The molecule has 7 heteroatoms. The molecule has 2 aliphatic rings. The maximum absolute atomic E-state index is 13.1. The second-order valence-electron chi connectivity index (χ2n) is 9.43. The van der Waals surface area contributed by atoms with Crippen LogP contribution in [-0.2, 0) is 9.53 Å². The molecule has 0 radical (unpaired) electrons. The molecule has 2 amide bonds. The Morgan fingerprint density at radius 3 is 2.79 bits per heavy atom. The molecule has 1 saturated carbocycles. The smallest absolute Gasteiger partial charge is 0.261 e. The van der Waals surface area contributed by atoms with E-state index in [9.17, 15) is 9.59 Å². The van der Waals surface area contributed by atoms with Crippen LogP contribution >= 0.6 is 11.3 Å². The maximum Gasteiger partial charge on any atom is 0.261 e. The van der Waals surface area contributed by atoms with E-state index in [1.54, 1.807) is 6.20 Å². The molecule has 0 spiro atoms. The number of aromatic nitrogens is 1. The van der Waals surface area contributed by atoms with E-state index in [2.05, 4.69) is 15.2 Å². The number of thiophene rings is 1. The molecule has 1 saturated heterocycles. The number of unbranched alkanes of at least 4 members (excludes halogenated alkanes) is 1. The van der Waals surface area contributed by atoms with E-state index < -0.39 is 0 Å². The normalized spacial score (nSPS) is 21.9. The van der Waals surface area contributed by atoms with E-state index >= 15 is 0 Å². The molecule has 4 rings (SSSR count). The molecular weight excluding hydrogens is 434 g/mol. The molecule has 6 nitrogen and oxygen atoms in total. The predicted octanol–water partition coefficient (Wildman–Crippen LogP) is 5.03. The van der Waals surface area contributed by atoms with Crippen molar-refractivity contribution in [1.82, 2.24) is 15.2 Å². The van der Waals surface area contributed by atoms with Crippen LogP contribution in [0.3, 0.4) is 0 Å². The third-order valence-electron chi connectivity index (χ3n) is 7.20. The van der Waals surface area contributed by atoms with Gasteiger partial charge in [-0.2, -0.15) is 0 Å². The van der Waals surface area contributed by atoms with Gasteiger partial charge in [0.25, 0.3) is 5.91 Å². The maximum atomic E-state index is 13.1. The van der Waals surface area contributed by atoms with Crippen LogP contribution in [0, 0.1) is 11.8 Å². The van der Waals surface area contributed by atoms with Crippen molar-refractivity contribution in [2.45, 2.75) is 70.8 Å². The number of likely N-dealkylation sites (tertiary alicyclic amines) is 1. The second kappa shape index (κ2) is 11.9. The molecule has 1 aliphatic heterocycles. The summed E-state index contributed by atoms with van der Waals surface area (Å²) < 4.78 is 6.93. The molecule has 2 aromatic rings. The van der Waals surface area contributed by atoms with Gasteiger partial charge in [0.15, 0.2) is 0 Å². The third-order valence-corrected chi connectivity index (χ3v) is 8.28. The minimum Gasteiger partial charge on any atom is -0.378 e. The Morgan fingerprint density at radius 2 is 2.00 bits per heavy atom. The standard InChI is InChI=1S/C26H37N3O3S/c1-2-32-22-9-4-3-8-21(22)26(31)29-15-11-19(12-16-29)7-5-6-13-28-25(30)23-17-20-10-14-27-18-24(20)33-23/h10,14,17-19,21-22H,2-9,11-13,15-16H2,1H3,(H,28,30). The van der Waals surface area contributed by atoms with Gasteiger partial charge in [0.2, 0.25) is 5.91 Å². The first kappa shape index (κ1) is 24.1. The first-order chi connectivity index (χ1) is 16.2. The van der Waals surface area contributed by atoms with Crippen LogP contribution in [0.1, 0.15) is 74.4 Å². The van der Waals surface area contributed by atoms with Gasteiger partial charge < -0.3 is 15.0 Å². The van der Waals surface area contributed by atoms with E-state index in [1.165, 1.54) is 24.2 Å². The summed E-state index contributed by atoms with van der Waals surface area (Å²) in [6.07, 6.45) is 13.5. The Kier molecular flexibility index (Phi) is 8.73. The lowest BCUT2D eigenvalue weighted by Gasteiger charge is -2.38. The Hall–Kier alpha value is -1.99. The number of nitrogens with zero attached hydrogens (tertiary/aromatic N) is 2. The van der Waals surface area contributed by atoms with Crippen molar-refractivity contribution in [3.63, 3.8) is 0 Å². The van der Waals surface area contributed by atoms with Crippen LogP contribution in [0.25, 0.3) is 10.1 Å². The summed E-state index contributed by atoms with van der Waals surface area (Å²) in [5.41, 5.74) is 0. The molecular formula is C26H37N3O3S. The van der Waals surface area contributed by atoms with Crippen LogP contribution in [0.15, 0.2) is 24.5 Å². The molecule has 1 N–H and O–H groups in total. The van der Waals surface area contributed by atoms with Crippen molar-refractivity contribution >= 4 is 33.2 Å². The number of ether oxygens (including phenoxy) is 1. The van der Waals surface area contributed by atoms with Crippen LogP contribution < -0.4 is 5.32 Å². The molecule has 2 unspecified atom stereocenters. The number of carbonyl (C=O) groups is 2. The quantitative estimate of drug-likeness (QED) is 0.521. The van der Waals surface area contributed by atoms with Gasteiger partial charge in [0.05, 0.1) is 21.6 Å². The first-order valence-corrected chi connectivity index (χ1v) is 13.5. The average molecular weight is 472 g/mol. The Balaban J connectivity index is 1.12. The van der Waals surface area contributed by atoms with Gasteiger partial charge >= 0.3 is 0 Å². The number of hydrogen-bond acceptors (Lipinski definition) is 5. The second-order valence-corrected chi connectivity index (χ2v) is 10.5. The van der Waals surface area contributed by atoms with Crippen LogP contribution in [-0.4, -0.2) is 54.0 Å². The highest BCUT2D eigenvalue weighted by molar-refractivity contribution is 7.20. The lowest BCUT2D eigenvalue weighted by molar-refractivity contribution is -0.144. The summed E-state index contributed by atoms with van der Waals surface area (Å²) in [6.45, 7) is 5.20. The van der Waals surface area contributed by atoms with E-state index in [0.717, 1.165) is 73.0 Å². The summed E-state index contributed by atoms with van der Waals surface area (Å²) in [5, 5.41) is 4.13. The van der Waals surface area contributed by atoms with Gasteiger partial charge in [-0.05, 0) is 62.5 Å². The van der Waals surface area contributed by atoms with E-state index in [0.29, 0.717) is 25.0 Å².